The van der Waals surface area contributed by atoms with E-state index in [0.717, 1.165) is 11.4 Å². The SMILES string of the molecule is CC(=O)[C@@H](C)Sc1nnc(Nc2ccccc2)n1-c1ccccc1. The van der Waals surface area contributed by atoms with Crippen molar-refractivity contribution in [3.05, 3.63) is 60.7 Å². The zero-order chi connectivity index (χ0) is 16.9. The van der Waals surface area contributed by atoms with Crippen molar-refractivity contribution in [1.29, 1.82) is 0 Å². The molecule has 2 aromatic carbocycles. The summed E-state index contributed by atoms with van der Waals surface area (Å²) in [7, 11) is 0. The molecular formula is C18H18N4OS. The van der Waals surface area contributed by atoms with E-state index >= 15 is 0 Å². The zero-order valence-electron chi connectivity index (χ0n) is 13.5. The number of carbonyl (C=O) groups is 1. The zero-order valence-corrected chi connectivity index (χ0v) is 14.3. The minimum Gasteiger partial charge on any atom is -0.324 e. The van der Waals surface area contributed by atoms with Gasteiger partial charge in [-0.25, -0.2) is 0 Å². The summed E-state index contributed by atoms with van der Waals surface area (Å²) in [5.74, 6) is 0.728. The first-order valence-corrected chi connectivity index (χ1v) is 8.53. The van der Waals surface area contributed by atoms with Crippen molar-refractivity contribution < 1.29 is 4.79 Å². The highest BCUT2D eigenvalue weighted by atomic mass is 32.2. The number of nitrogens with zero attached hydrogens (tertiary/aromatic N) is 3. The summed E-state index contributed by atoms with van der Waals surface area (Å²) in [6, 6.07) is 19.7. The first-order valence-electron chi connectivity index (χ1n) is 7.65. The molecule has 1 heterocycles. The number of ketones is 1. The van der Waals surface area contributed by atoms with Crippen molar-refractivity contribution >= 4 is 29.2 Å². The number of hydrogen-bond acceptors (Lipinski definition) is 5. The maximum absolute atomic E-state index is 11.6. The lowest BCUT2D eigenvalue weighted by atomic mass is 10.3. The lowest BCUT2D eigenvalue weighted by Gasteiger charge is -2.12. The number of Topliss-reactive ketones (excluding diaryl/α,β-unsaturated/α-hetero) is 1. The van der Waals surface area contributed by atoms with E-state index in [-0.39, 0.29) is 11.0 Å². The van der Waals surface area contributed by atoms with Gasteiger partial charge in [-0.05, 0) is 38.1 Å². The molecule has 6 heteroatoms. The van der Waals surface area contributed by atoms with E-state index in [0.29, 0.717) is 11.1 Å². The number of carbonyl (C=O) groups excluding carboxylic acids is 1. The minimum atomic E-state index is -0.179. The lowest BCUT2D eigenvalue weighted by Crippen LogP contribution is -2.10. The Hall–Kier alpha value is -2.60. The van der Waals surface area contributed by atoms with Gasteiger partial charge in [0, 0.05) is 5.69 Å². The third kappa shape index (κ3) is 3.65. The first-order chi connectivity index (χ1) is 11.6. The Labute approximate surface area is 145 Å². The summed E-state index contributed by atoms with van der Waals surface area (Å²) in [6.07, 6.45) is 0. The largest absolute Gasteiger partial charge is 0.324 e. The summed E-state index contributed by atoms with van der Waals surface area (Å²) < 4.78 is 1.93. The van der Waals surface area contributed by atoms with Gasteiger partial charge >= 0.3 is 0 Å². The van der Waals surface area contributed by atoms with Gasteiger partial charge in [0.05, 0.1) is 10.9 Å². The van der Waals surface area contributed by atoms with Crippen LogP contribution in [0.3, 0.4) is 0 Å². The van der Waals surface area contributed by atoms with E-state index in [9.17, 15) is 4.79 Å². The molecule has 0 saturated carbocycles. The molecule has 0 aliphatic heterocycles. The Morgan fingerprint density at radius 2 is 1.67 bits per heavy atom. The van der Waals surface area contributed by atoms with E-state index in [2.05, 4.69) is 15.5 Å². The minimum absolute atomic E-state index is 0.111. The van der Waals surface area contributed by atoms with Gasteiger partial charge in [0.25, 0.3) is 0 Å². The molecule has 0 fully saturated rings. The van der Waals surface area contributed by atoms with Crippen molar-refractivity contribution in [2.45, 2.75) is 24.3 Å². The molecule has 0 aliphatic rings. The van der Waals surface area contributed by atoms with Crippen molar-refractivity contribution in [2.75, 3.05) is 5.32 Å². The maximum atomic E-state index is 11.6. The molecule has 1 N–H and O–H groups in total. The van der Waals surface area contributed by atoms with E-state index in [1.54, 1.807) is 6.92 Å². The molecule has 0 radical (unpaired) electrons. The van der Waals surface area contributed by atoms with Crippen molar-refractivity contribution in [3.63, 3.8) is 0 Å². The van der Waals surface area contributed by atoms with Crippen LogP contribution in [0.1, 0.15) is 13.8 Å². The number of para-hydroxylation sites is 2. The third-order valence-electron chi connectivity index (χ3n) is 3.53. The average Bonchev–Trinajstić information content (AvgIpc) is 2.98. The second-order valence-electron chi connectivity index (χ2n) is 5.34. The second-order valence-corrected chi connectivity index (χ2v) is 6.65. The van der Waals surface area contributed by atoms with Crippen LogP contribution in [0.2, 0.25) is 0 Å². The molecule has 0 aliphatic carbocycles. The number of hydrogen-bond donors (Lipinski definition) is 1. The highest BCUT2D eigenvalue weighted by molar-refractivity contribution is 8.00. The Morgan fingerprint density at radius 3 is 2.29 bits per heavy atom. The van der Waals surface area contributed by atoms with E-state index < -0.39 is 0 Å². The molecule has 0 bridgehead atoms. The predicted octanol–water partition coefficient (Wildman–Crippen LogP) is 4.08. The van der Waals surface area contributed by atoms with Crippen LogP contribution in [-0.4, -0.2) is 25.8 Å². The molecule has 3 rings (SSSR count). The Kier molecular flexibility index (Phi) is 4.96. The van der Waals surface area contributed by atoms with Crippen LogP contribution in [-0.2, 0) is 4.79 Å². The van der Waals surface area contributed by atoms with Crippen LogP contribution in [0.5, 0.6) is 0 Å². The van der Waals surface area contributed by atoms with Gasteiger partial charge in [0.15, 0.2) is 5.16 Å². The molecule has 1 atom stereocenters. The van der Waals surface area contributed by atoms with Gasteiger partial charge in [-0.1, -0.05) is 48.2 Å². The maximum Gasteiger partial charge on any atom is 0.234 e. The number of thioether (sulfide) groups is 1. The quantitative estimate of drug-likeness (QED) is 0.686. The Balaban J connectivity index is 2.00. The monoisotopic (exact) mass is 338 g/mol. The van der Waals surface area contributed by atoms with Crippen molar-refractivity contribution in [1.82, 2.24) is 14.8 Å². The molecular weight excluding hydrogens is 320 g/mol. The summed E-state index contributed by atoms with van der Waals surface area (Å²) >= 11 is 1.40. The van der Waals surface area contributed by atoms with Gasteiger partial charge in [-0.2, -0.15) is 0 Å². The number of aromatic nitrogens is 3. The molecule has 122 valence electrons. The van der Waals surface area contributed by atoms with Gasteiger partial charge in [-0.3, -0.25) is 9.36 Å². The highest BCUT2D eigenvalue weighted by Crippen LogP contribution is 2.29. The van der Waals surface area contributed by atoms with Crippen LogP contribution in [0, 0.1) is 0 Å². The molecule has 0 spiro atoms. The number of nitrogens with one attached hydrogen (secondary N) is 1. The second kappa shape index (κ2) is 7.31. The third-order valence-corrected chi connectivity index (χ3v) is 4.69. The summed E-state index contributed by atoms with van der Waals surface area (Å²) in [5, 5.41) is 12.3. The fraction of sp³-hybridized carbons (Fsp3) is 0.167. The van der Waals surface area contributed by atoms with Gasteiger partial charge in [0.2, 0.25) is 5.95 Å². The molecule has 24 heavy (non-hydrogen) atoms. The van der Waals surface area contributed by atoms with Crippen molar-refractivity contribution in [3.8, 4) is 5.69 Å². The molecule has 0 amide bonds. The van der Waals surface area contributed by atoms with Crippen LogP contribution in [0.15, 0.2) is 65.8 Å². The van der Waals surface area contributed by atoms with E-state index in [1.807, 2.05) is 72.2 Å². The molecule has 3 aromatic rings. The van der Waals surface area contributed by atoms with Gasteiger partial charge < -0.3 is 5.32 Å². The van der Waals surface area contributed by atoms with E-state index in [1.165, 1.54) is 11.8 Å². The van der Waals surface area contributed by atoms with Crippen LogP contribution in [0.25, 0.3) is 5.69 Å². The summed E-state index contributed by atoms with van der Waals surface area (Å²) in [6.45, 7) is 3.46. The first kappa shape index (κ1) is 16.3. The topological polar surface area (TPSA) is 59.8 Å². The molecule has 5 nitrogen and oxygen atoms in total. The van der Waals surface area contributed by atoms with Crippen LogP contribution < -0.4 is 5.32 Å². The lowest BCUT2D eigenvalue weighted by molar-refractivity contribution is -0.116. The van der Waals surface area contributed by atoms with E-state index in [4.69, 9.17) is 0 Å². The highest BCUT2D eigenvalue weighted by Gasteiger charge is 2.19. The molecule has 1 aromatic heterocycles. The van der Waals surface area contributed by atoms with Crippen LogP contribution in [0.4, 0.5) is 11.6 Å². The van der Waals surface area contributed by atoms with Crippen molar-refractivity contribution in [2.24, 2.45) is 0 Å². The Morgan fingerprint density at radius 1 is 1.04 bits per heavy atom. The fourth-order valence-electron chi connectivity index (χ4n) is 2.13. The average molecular weight is 338 g/mol. The number of anilines is 2. The van der Waals surface area contributed by atoms with Gasteiger partial charge in [0.1, 0.15) is 5.78 Å². The molecule has 0 saturated heterocycles. The summed E-state index contributed by atoms with van der Waals surface area (Å²) in [5.41, 5.74) is 1.87. The Bertz CT molecular complexity index is 818. The summed E-state index contributed by atoms with van der Waals surface area (Å²) in [4.78, 5) is 11.6. The van der Waals surface area contributed by atoms with Gasteiger partial charge in [-0.15, -0.1) is 10.2 Å². The van der Waals surface area contributed by atoms with Crippen LogP contribution >= 0.6 is 11.8 Å². The standard InChI is InChI=1S/C18H18N4OS/c1-13(23)14(2)24-18-21-20-17(19-15-9-5-3-6-10-15)22(18)16-11-7-4-8-12-16/h3-12,14H,1-2H3,(H,19,20)/t14-/m1/s1. The smallest absolute Gasteiger partial charge is 0.234 e. The fourth-order valence-corrected chi connectivity index (χ4v) is 3.00. The normalized spacial score (nSPS) is 11.9. The predicted molar refractivity (Wildman–Crippen MR) is 97.1 cm³/mol. The number of rotatable bonds is 6. The molecule has 0 unspecified atom stereocenters. The number of benzene rings is 2.